The highest BCUT2D eigenvalue weighted by atomic mass is 16.3. The van der Waals surface area contributed by atoms with Gasteiger partial charge in [0.05, 0.1) is 5.56 Å². The molecule has 0 aromatic heterocycles. The maximum atomic E-state index is 12.6. The Morgan fingerprint density at radius 1 is 1.00 bits per heavy atom. The predicted molar refractivity (Wildman–Crippen MR) is 87.4 cm³/mol. The van der Waals surface area contributed by atoms with Crippen LogP contribution in [-0.2, 0) is 0 Å². The van der Waals surface area contributed by atoms with Crippen LogP contribution in [-0.4, -0.2) is 42.1 Å². The van der Waals surface area contributed by atoms with E-state index in [0.717, 1.165) is 18.7 Å². The molecule has 1 N–H and O–H groups in total. The third-order valence-corrected chi connectivity index (χ3v) is 4.07. The lowest BCUT2D eigenvalue weighted by atomic mass is 10.1. The smallest absolute Gasteiger partial charge is 0.257 e. The van der Waals surface area contributed by atoms with Crippen molar-refractivity contribution in [1.29, 1.82) is 0 Å². The molecule has 0 bridgehead atoms. The van der Waals surface area contributed by atoms with E-state index in [-0.39, 0.29) is 11.7 Å². The number of hydrogen-bond acceptors (Lipinski definition) is 3. The number of aromatic hydroxyl groups is 1. The minimum Gasteiger partial charge on any atom is -0.507 e. The number of carbonyl (C=O) groups is 1. The number of piperazine rings is 1. The molecule has 1 amide bonds. The Morgan fingerprint density at radius 2 is 1.68 bits per heavy atom. The summed E-state index contributed by atoms with van der Waals surface area (Å²) in [6.45, 7) is 4.87. The van der Waals surface area contributed by atoms with Gasteiger partial charge >= 0.3 is 0 Å². The van der Waals surface area contributed by atoms with Gasteiger partial charge in [-0.25, -0.2) is 0 Å². The molecule has 1 aliphatic heterocycles. The number of aryl methyl sites for hydroxylation is 1. The number of anilines is 1. The van der Waals surface area contributed by atoms with Crippen molar-refractivity contribution in [3.8, 4) is 5.75 Å². The highest BCUT2D eigenvalue weighted by Gasteiger charge is 2.24. The highest BCUT2D eigenvalue weighted by molar-refractivity contribution is 5.97. The number of carbonyl (C=O) groups excluding carboxylic acids is 1. The first-order valence-corrected chi connectivity index (χ1v) is 7.54. The van der Waals surface area contributed by atoms with Crippen molar-refractivity contribution < 1.29 is 9.90 Å². The molecule has 2 aromatic rings. The van der Waals surface area contributed by atoms with Gasteiger partial charge in [0.2, 0.25) is 0 Å². The van der Waals surface area contributed by atoms with Crippen molar-refractivity contribution in [1.82, 2.24) is 4.90 Å². The van der Waals surface area contributed by atoms with Gasteiger partial charge in [-0.1, -0.05) is 29.8 Å². The Labute approximate surface area is 130 Å². The average Bonchev–Trinajstić information content (AvgIpc) is 2.57. The van der Waals surface area contributed by atoms with Crippen molar-refractivity contribution in [3.05, 3.63) is 59.7 Å². The van der Waals surface area contributed by atoms with Crippen LogP contribution in [0.3, 0.4) is 0 Å². The lowest BCUT2D eigenvalue weighted by Crippen LogP contribution is -2.48. The molecule has 1 fully saturated rings. The third kappa shape index (κ3) is 2.91. The summed E-state index contributed by atoms with van der Waals surface area (Å²) < 4.78 is 0. The van der Waals surface area contributed by atoms with Crippen LogP contribution >= 0.6 is 0 Å². The normalized spacial score (nSPS) is 15.0. The maximum Gasteiger partial charge on any atom is 0.257 e. The summed E-state index contributed by atoms with van der Waals surface area (Å²) in [5.41, 5.74) is 2.56. The molecule has 2 aromatic carbocycles. The summed E-state index contributed by atoms with van der Waals surface area (Å²) in [6, 6.07) is 15.4. The number of phenolic OH excluding ortho intramolecular Hbond substituents is 1. The first-order valence-electron chi connectivity index (χ1n) is 7.54. The molecule has 22 heavy (non-hydrogen) atoms. The molecule has 4 nitrogen and oxygen atoms in total. The Bertz CT molecular complexity index is 662. The largest absolute Gasteiger partial charge is 0.507 e. The Balaban J connectivity index is 1.68. The molecule has 1 aliphatic rings. The standard InChI is InChI=1S/C18H20N2O2/c1-14-7-8-17(21)16(13-14)18(22)20-11-9-19(10-12-20)15-5-3-2-4-6-15/h2-8,13,21H,9-12H2,1H3. The number of phenols is 1. The number of hydrogen-bond donors (Lipinski definition) is 1. The Hall–Kier alpha value is -2.49. The summed E-state index contributed by atoms with van der Waals surface area (Å²) in [7, 11) is 0. The van der Waals surface area contributed by atoms with Crippen molar-refractivity contribution in [2.24, 2.45) is 0 Å². The van der Waals surface area contributed by atoms with E-state index in [1.807, 2.05) is 30.0 Å². The van der Waals surface area contributed by atoms with E-state index in [1.165, 1.54) is 5.69 Å². The van der Waals surface area contributed by atoms with E-state index in [4.69, 9.17) is 0 Å². The molecule has 0 spiro atoms. The molecule has 114 valence electrons. The van der Waals surface area contributed by atoms with Crippen LogP contribution in [0.5, 0.6) is 5.75 Å². The van der Waals surface area contributed by atoms with Crippen LogP contribution in [0.15, 0.2) is 48.5 Å². The average molecular weight is 296 g/mol. The van der Waals surface area contributed by atoms with Gasteiger partial charge in [-0.2, -0.15) is 0 Å². The van der Waals surface area contributed by atoms with Crippen molar-refractivity contribution >= 4 is 11.6 Å². The van der Waals surface area contributed by atoms with Crippen LogP contribution in [0.1, 0.15) is 15.9 Å². The topological polar surface area (TPSA) is 43.8 Å². The molecule has 0 atom stereocenters. The second-order valence-corrected chi connectivity index (χ2v) is 5.64. The van der Waals surface area contributed by atoms with E-state index in [9.17, 15) is 9.90 Å². The van der Waals surface area contributed by atoms with E-state index >= 15 is 0 Å². The first-order chi connectivity index (χ1) is 10.6. The van der Waals surface area contributed by atoms with Gasteiger partial charge < -0.3 is 14.9 Å². The van der Waals surface area contributed by atoms with E-state index in [0.29, 0.717) is 18.7 Å². The van der Waals surface area contributed by atoms with Gasteiger partial charge in [0.15, 0.2) is 0 Å². The Kier molecular flexibility index (Phi) is 4.00. The van der Waals surface area contributed by atoms with Gasteiger partial charge in [0.1, 0.15) is 5.75 Å². The van der Waals surface area contributed by atoms with Gasteiger partial charge in [-0.3, -0.25) is 4.79 Å². The zero-order valence-corrected chi connectivity index (χ0v) is 12.7. The zero-order chi connectivity index (χ0) is 15.5. The number of rotatable bonds is 2. The second kappa shape index (κ2) is 6.10. The van der Waals surface area contributed by atoms with Crippen LogP contribution in [0.2, 0.25) is 0 Å². The molecule has 1 saturated heterocycles. The molecule has 4 heteroatoms. The van der Waals surface area contributed by atoms with Crippen molar-refractivity contribution in [2.45, 2.75) is 6.92 Å². The minimum atomic E-state index is -0.0890. The van der Waals surface area contributed by atoms with Crippen LogP contribution in [0.4, 0.5) is 5.69 Å². The fourth-order valence-electron chi connectivity index (χ4n) is 2.80. The van der Waals surface area contributed by atoms with Crippen LogP contribution < -0.4 is 4.90 Å². The van der Waals surface area contributed by atoms with Crippen molar-refractivity contribution in [3.63, 3.8) is 0 Å². The minimum absolute atomic E-state index is 0.0566. The second-order valence-electron chi connectivity index (χ2n) is 5.64. The number of amides is 1. The first kappa shape index (κ1) is 14.4. The molecule has 0 unspecified atom stereocenters. The fourth-order valence-corrected chi connectivity index (χ4v) is 2.80. The number of para-hydroxylation sites is 1. The third-order valence-electron chi connectivity index (χ3n) is 4.07. The quantitative estimate of drug-likeness (QED) is 0.926. The molecule has 0 aliphatic carbocycles. The van der Waals surface area contributed by atoms with Crippen LogP contribution in [0, 0.1) is 6.92 Å². The Morgan fingerprint density at radius 3 is 2.36 bits per heavy atom. The van der Waals surface area contributed by atoms with Crippen molar-refractivity contribution in [2.75, 3.05) is 31.1 Å². The number of benzene rings is 2. The summed E-state index contributed by atoms with van der Waals surface area (Å²) in [6.07, 6.45) is 0. The molecular weight excluding hydrogens is 276 g/mol. The lowest BCUT2D eigenvalue weighted by Gasteiger charge is -2.36. The summed E-state index contributed by atoms with van der Waals surface area (Å²) in [5.74, 6) is -0.0324. The van der Waals surface area contributed by atoms with Gasteiger partial charge in [-0.05, 0) is 31.2 Å². The lowest BCUT2D eigenvalue weighted by molar-refractivity contribution is 0.0743. The van der Waals surface area contributed by atoms with Gasteiger partial charge in [-0.15, -0.1) is 0 Å². The van der Waals surface area contributed by atoms with Gasteiger partial charge in [0.25, 0.3) is 5.91 Å². The fraction of sp³-hybridized carbons (Fsp3) is 0.278. The maximum absolute atomic E-state index is 12.6. The van der Waals surface area contributed by atoms with E-state index in [2.05, 4.69) is 17.0 Å². The predicted octanol–water partition coefficient (Wildman–Crippen LogP) is 2.66. The van der Waals surface area contributed by atoms with Gasteiger partial charge in [0, 0.05) is 31.9 Å². The van der Waals surface area contributed by atoms with Crippen LogP contribution in [0.25, 0.3) is 0 Å². The molecule has 1 heterocycles. The zero-order valence-electron chi connectivity index (χ0n) is 12.7. The van der Waals surface area contributed by atoms with E-state index < -0.39 is 0 Å². The SMILES string of the molecule is Cc1ccc(O)c(C(=O)N2CCN(c3ccccc3)CC2)c1. The van der Waals surface area contributed by atoms with E-state index in [1.54, 1.807) is 18.2 Å². The summed E-state index contributed by atoms with van der Waals surface area (Å²) in [5, 5.41) is 9.91. The monoisotopic (exact) mass is 296 g/mol. The number of nitrogens with zero attached hydrogens (tertiary/aromatic N) is 2. The summed E-state index contributed by atoms with van der Waals surface area (Å²) >= 11 is 0. The highest BCUT2D eigenvalue weighted by Crippen LogP contribution is 2.22. The molecule has 3 rings (SSSR count). The summed E-state index contributed by atoms with van der Waals surface area (Å²) in [4.78, 5) is 16.7. The molecule has 0 radical (unpaired) electrons. The molecular formula is C18H20N2O2. The molecule has 0 saturated carbocycles.